The number of nitriles is 1. The predicted molar refractivity (Wildman–Crippen MR) is 122 cm³/mol. The van der Waals surface area contributed by atoms with Crippen molar-refractivity contribution >= 4 is 11.6 Å². The van der Waals surface area contributed by atoms with E-state index in [4.69, 9.17) is 0 Å². The van der Waals surface area contributed by atoms with Crippen LogP contribution in [0.3, 0.4) is 0 Å². The van der Waals surface area contributed by atoms with E-state index in [2.05, 4.69) is 52.4 Å². The first kappa shape index (κ1) is 20.4. The molecule has 1 atom stereocenters. The molecule has 31 heavy (non-hydrogen) atoms. The molecule has 4 aliphatic carbocycles. The quantitative estimate of drug-likeness (QED) is 0.581. The van der Waals surface area contributed by atoms with Crippen LogP contribution >= 0.6 is 0 Å². The summed E-state index contributed by atoms with van der Waals surface area (Å²) in [5.74, 6) is 2.38. The van der Waals surface area contributed by atoms with Crippen LogP contribution in [-0.2, 0) is 4.79 Å². The highest BCUT2D eigenvalue weighted by atomic mass is 16.1. The average molecular weight is 419 g/mol. The molecule has 1 unspecified atom stereocenters. The molecule has 4 bridgehead atoms. The zero-order valence-electron chi connectivity index (χ0n) is 18.6. The zero-order valence-corrected chi connectivity index (χ0v) is 18.6. The molecule has 0 spiro atoms. The second-order valence-corrected chi connectivity index (χ2v) is 10.5. The first-order chi connectivity index (χ1) is 15.0. The van der Waals surface area contributed by atoms with Crippen LogP contribution in [0, 0.1) is 34.5 Å². The number of hydrogen-bond donors (Lipinski definition) is 1. The second kappa shape index (κ2) is 8.22. The van der Waals surface area contributed by atoms with Gasteiger partial charge in [-0.15, -0.1) is 0 Å². The lowest BCUT2D eigenvalue weighted by atomic mass is 9.48. The van der Waals surface area contributed by atoms with Gasteiger partial charge in [-0.1, -0.05) is 18.2 Å². The number of carbonyl (C=O) groups excluding carboxylic acids is 1. The van der Waals surface area contributed by atoms with Gasteiger partial charge in [0.2, 0.25) is 0 Å². The number of anilines is 1. The van der Waals surface area contributed by atoms with Crippen molar-refractivity contribution in [3.8, 4) is 6.07 Å². The van der Waals surface area contributed by atoms with Gasteiger partial charge in [-0.05, 0) is 80.8 Å². The fourth-order valence-electron chi connectivity index (χ4n) is 7.20. The van der Waals surface area contributed by atoms with Crippen LogP contribution in [0.15, 0.2) is 42.1 Å². The summed E-state index contributed by atoms with van der Waals surface area (Å²) in [5.41, 5.74) is 1.73. The minimum absolute atomic E-state index is 0.139. The normalized spacial score (nSPS) is 33.2. The molecule has 6 rings (SSSR count). The highest BCUT2D eigenvalue weighted by Gasteiger charge is 2.53. The molecule has 1 aliphatic heterocycles. The van der Waals surface area contributed by atoms with Crippen molar-refractivity contribution in [2.24, 2.45) is 23.2 Å². The van der Waals surface area contributed by atoms with Gasteiger partial charge in [-0.3, -0.25) is 4.79 Å². The fourth-order valence-corrected chi connectivity index (χ4v) is 7.20. The van der Waals surface area contributed by atoms with Crippen molar-refractivity contribution in [2.45, 2.75) is 51.5 Å². The molecular weight excluding hydrogens is 384 g/mol. The molecule has 1 aromatic rings. The zero-order chi connectivity index (χ0) is 21.4. The van der Waals surface area contributed by atoms with Gasteiger partial charge in [0.05, 0.1) is 0 Å². The van der Waals surface area contributed by atoms with E-state index in [1.165, 1.54) is 44.2 Å². The molecule has 4 saturated carbocycles. The SMILES string of the molecule is CC(NC(=O)/C(C#N)=C\N1CCN(c2ccccc2)CC1)C12CC3CC(CC(C3)C1)C2. The molecule has 0 aromatic heterocycles. The number of nitrogens with zero attached hydrogens (tertiary/aromatic N) is 3. The molecule has 5 aliphatic rings. The van der Waals surface area contributed by atoms with E-state index in [0.29, 0.717) is 0 Å². The number of nitrogens with one attached hydrogen (secondary N) is 1. The Balaban J connectivity index is 1.20. The Labute approximate surface area is 186 Å². The molecule has 5 heteroatoms. The van der Waals surface area contributed by atoms with Crippen molar-refractivity contribution in [3.63, 3.8) is 0 Å². The predicted octanol–water partition coefficient (Wildman–Crippen LogP) is 3.94. The van der Waals surface area contributed by atoms with E-state index in [1.54, 1.807) is 6.20 Å². The second-order valence-electron chi connectivity index (χ2n) is 10.5. The average Bonchev–Trinajstić information content (AvgIpc) is 2.77. The first-order valence-electron chi connectivity index (χ1n) is 12.0. The van der Waals surface area contributed by atoms with Gasteiger partial charge in [-0.25, -0.2) is 0 Å². The topological polar surface area (TPSA) is 59.4 Å². The van der Waals surface area contributed by atoms with E-state index in [9.17, 15) is 10.1 Å². The molecule has 164 valence electrons. The van der Waals surface area contributed by atoms with Crippen LogP contribution in [0.4, 0.5) is 5.69 Å². The maximum atomic E-state index is 13.0. The largest absolute Gasteiger partial charge is 0.373 e. The summed E-state index contributed by atoms with van der Waals surface area (Å²) in [5, 5.41) is 12.9. The number of para-hydroxylation sites is 1. The summed E-state index contributed by atoms with van der Waals surface area (Å²) in [7, 11) is 0. The molecule has 5 fully saturated rings. The number of hydrogen-bond acceptors (Lipinski definition) is 4. The van der Waals surface area contributed by atoms with Crippen molar-refractivity contribution in [2.75, 3.05) is 31.1 Å². The van der Waals surface area contributed by atoms with Crippen LogP contribution in [0.2, 0.25) is 0 Å². The molecule has 5 nitrogen and oxygen atoms in total. The van der Waals surface area contributed by atoms with E-state index in [-0.39, 0.29) is 22.9 Å². The summed E-state index contributed by atoms with van der Waals surface area (Å²) < 4.78 is 0. The molecule has 1 N–H and O–H groups in total. The smallest absolute Gasteiger partial charge is 0.263 e. The number of carbonyl (C=O) groups is 1. The maximum absolute atomic E-state index is 13.0. The first-order valence-corrected chi connectivity index (χ1v) is 12.0. The van der Waals surface area contributed by atoms with Gasteiger partial charge >= 0.3 is 0 Å². The third-order valence-electron chi connectivity index (χ3n) is 8.46. The van der Waals surface area contributed by atoms with E-state index in [0.717, 1.165) is 43.9 Å². The third kappa shape index (κ3) is 4.05. The van der Waals surface area contributed by atoms with Gasteiger partial charge in [-0.2, -0.15) is 5.26 Å². The lowest BCUT2D eigenvalue weighted by Crippen LogP contribution is -2.56. The van der Waals surface area contributed by atoms with Crippen LogP contribution in [-0.4, -0.2) is 43.0 Å². The van der Waals surface area contributed by atoms with Crippen LogP contribution in [0.25, 0.3) is 0 Å². The lowest BCUT2D eigenvalue weighted by Gasteiger charge is -2.59. The van der Waals surface area contributed by atoms with E-state index < -0.39 is 0 Å². The Kier molecular flexibility index (Phi) is 5.42. The van der Waals surface area contributed by atoms with Gasteiger partial charge in [0.25, 0.3) is 5.91 Å². The number of rotatable bonds is 5. The van der Waals surface area contributed by atoms with Crippen molar-refractivity contribution in [3.05, 3.63) is 42.1 Å². The molecule has 1 aromatic carbocycles. The Hall–Kier alpha value is -2.48. The van der Waals surface area contributed by atoms with Gasteiger partial charge < -0.3 is 15.1 Å². The summed E-state index contributed by atoms with van der Waals surface area (Å²) in [6, 6.07) is 12.7. The number of benzene rings is 1. The summed E-state index contributed by atoms with van der Waals surface area (Å²) in [6.45, 7) is 5.60. The van der Waals surface area contributed by atoms with E-state index >= 15 is 0 Å². The van der Waals surface area contributed by atoms with Crippen molar-refractivity contribution in [1.29, 1.82) is 5.26 Å². The summed E-state index contributed by atoms with van der Waals surface area (Å²) in [4.78, 5) is 17.5. The molecule has 1 saturated heterocycles. The lowest BCUT2D eigenvalue weighted by molar-refractivity contribution is -0.122. The summed E-state index contributed by atoms with van der Waals surface area (Å²) >= 11 is 0. The van der Waals surface area contributed by atoms with Crippen LogP contribution in [0.1, 0.15) is 45.4 Å². The van der Waals surface area contributed by atoms with Gasteiger partial charge in [0.15, 0.2) is 0 Å². The van der Waals surface area contributed by atoms with Crippen molar-refractivity contribution in [1.82, 2.24) is 10.2 Å². The number of piperazine rings is 1. The Bertz CT molecular complexity index is 843. The molecule has 1 amide bonds. The molecule has 0 radical (unpaired) electrons. The minimum Gasteiger partial charge on any atom is -0.373 e. The molecule has 1 heterocycles. The highest BCUT2D eigenvalue weighted by molar-refractivity contribution is 5.97. The van der Waals surface area contributed by atoms with Crippen molar-refractivity contribution < 1.29 is 4.79 Å². The standard InChI is InChI=1S/C26H34N4O/c1-19(26-14-20-11-21(15-26)13-22(12-20)16-26)28-25(31)23(17-27)18-29-7-9-30(10-8-29)24-5-3-2-4-6-24/h2-6,18-22H,7-16H2,1H3,(H,28,31)/b23-18-. The Morgan fingerprint density at radius 1 is 1.06 bits per heavy atom. The van der Waals surface area contributed by atoms with Gasteiger partial charge in [0, 0.05) is 44.1 Å². The van der Waals surface area contributed by atoms with Gasteiger partial charge in [0.1, 0.15) is 11.6 Å². The highest BCUT2D eigenvalue weighted by Crippen LogP contribution is 2.61. The van der Waals surface area contributed by atoms with Crippen LogP contribution < -0.4 is 10.2 Å². The monoisotopic (exact) mass is 418 g/mol. The third-order valence-corrected chi connectivity index (χ3v) is 8.46. The minimum atomic E-state index is -0.198. The van der Waals surface area contributed by atoms with Crippen LogP contribution in [0.5, 0.6) is 0 Å². The molecular formula is C26H34N4O. The Morgan fingerprint density at radius 3 is 2.19 bits per heavy atom. The number of amides is 1. The fraction of sp³-hybridized carbons (Fsp3) is 0.615. The van der Waals surface area contributed by atoms with E-state index in [1.807, 2.05) is 6.07 Å². The Morgan fingerprint density at radius 2 is 1.65 bits per heavy atom. The maximum Gasteiger partial charge on any atom is 0.263 e. The summed E-state index contributed by atoms with van der Waals surface area (Å²) in [6.07, 6.45) is 9.76.